The molecule has 2 amide bonds. The van der Waals surface area contributed by atoms with Gasteiger partial charge in [0.1, 0.15) is 22.7 Å². The standard InChI is InChI=1S/C24H25F2N3OS/c1-14(2)27-24(30)29-13-19-18-6-3-4-8-21(18)31-23(19)28-9-5-7-20(28)22(29)15-10-16(25)12-17(26)11-15/h5,7,9-12,14,22H,3-4,6,8,13H2,1-2H3,(H,27,30)/t22-/m1/s1. The van der Waals surface area contributed by atoms with Crippen molar-refractivity contribution >= 4 is 17.4 Å². The molecule has 0 spiro atoms. The molecule has 1 aliphatic heterocycles. The Morgan fingerprint density at radius 2 is 1.87 bits per heavy atom. The largest absolute Gasteiger partial charge is 0.336 e. The summed E-state index contributed by atoms with van der Waals surface area (Å²) in [5.41, 5.74) is 3.77. The molecular formula is C24H25F2N3OS. The van der Waals surface area contributed by atoms with Crippen LogP contribution < -0.4 is 5.32 Å². The van der Waals surface area contributed by atoms with Gasteiger partial charge in [-0.25, -0.2) is 13.6 Å². The smallest absolute Gasteiger partial charge is 0.318 e. The van der Waals surface area contributed by atoms with Gasteiger partial charge in [-0.2, -0.15) is 0 Å². The number of carbonyl (C=O) groups is 1. The van der Waals surface area contributed by atoms with Gasteiger partial charge in [0.25, 0.3) is 0 Å². The van der Waals surface area contributed by atoms with Crippen molar-refractivity contribution < 1.29 is 13.6 Å². The lowest BCUT2D eigenvalue weighted by molar-refractivity contribution is 0.177. The Morgan fingerprint density at radius 1 is 1.13 bits per heavy atom. The monoisotopic (exact) mass is 441 g/mol. The molecule has 1 aromatic carbocycles. The summed E-state index contributed by atoms with van der Waals surface area (Å²) in [6.45, 7) is 4.23. The van der Waals surface area contributed by atoms with Crippen LogP contribution in [0.2, 0.25) is 0 Å². The normalized spacial score (nSPS) is 17.7. The topological polar surface area (TPSA) is 37.3 Å². The zero-order chi connectivity index (χ0) is 21.7. The first-order valence-corrected chi connectivity index (χ1v) is 11.6. The van der Waals surface area contributed by atoms with Gasteiger partial charge < -0.3 is 14.8 Å². The van der Waals surface area contributed by atoms with Crippen LogP contribution in [0.5, 0.6) is 0 Å². The van der Waals surface area contributed by atoms with E-state index in [-0.39, 0.29) is 12.1 Å². The number of amides is 2. The van der Waals surface area contributed by atoms with Crippen LogP contribution in [0.15, 0.2) is 36.5 Å². The van der Waals surface area contributed by atoms with Gasteiger partial charge in [0.05, 0.1) is 12.2 Å². The van der Waals surface area contributed by atoms with Crippen LogP contribution in [0.4, 0.5) is 13.6 Å². The Bertz CT molecular complexity index is 1130. The maximum absolute atomic E-state index is 14.2. The molecule has 5 rings (SSSR count). The van der Waals surface area contributed by atoms with E-state index in [0.29, 0.717) is 12.1 Å². The van der Waals surface area contributed by atoms with Gasteiger partial charge in [-0.3, -0.25) is 0 Å². The first-order chi connectivity index (χ1) is 14.9. The van der Waals surface area contributed by atoms with Crippen LogP contribution >= 0.6 is 11.3 Å². The Balaban J connectivity index is 1.72. The molecular weight excluding hydrogens is 416 g/mol. The minimum atomic E-state index is -0.645. The predicted octanol–water partition coefficient (Wildman–Crippen LogP) is 5.72. The molecule has 0 saturated heterocycles. The maximum Gasteiger partial charge on any atom is 0.318 e. The maximum atomic E-state index is 14.2. The van der Waals surface area contributed by atoms with E-state index >= 15 is 0 Å². The van der Waals surface area contributed by atoms with Gasteiger partial charge in [-0.15, -0.1) is 11.3 Å². The first kappa shape index (κ1) is 20.2. The third-order valence-electron chi connectivity index (χ3n) is 6.05. The fraction of sp³-hybridized carbons (Fsp3) is 0.375. The van der Waals surface area contributed by atoms with E-state index in [1.807, 2.05) is 32.2 Å². The third-order valence-corrected chi connectivity index (χ3v) is 7.39. The van der Waals surface area contributed by atoms with E-state index in [1.165, 1.54) is 29.0 Å². The highest BCUT2D eigenvalue weighted by Gasteiger charge is 2.36. The lowest BCUT2D eigenvalue weighted by Crippen LogP contribution is -2.44. The molecule has 3 heterocycles. The number of nitrogens with zero attached hydrogens (tertiary/aromatic N) is 2. The number of thiophene rings is 1. The van der Waals surface area contributed by atoms with Crippen molar-refractivity contribution in [2.75, 3.05) is 0 Å². The third kappa shape index (κ3) is 3.55. The lowest BCUT2D eigenvalue weighted by Gasteiger charge is -2.32. The zero-order valence-corrected chi connectivity index (χ0v) is 18.4. The van der Waals surface area contributed by atoms with E-state index in [9.17, 15) is 13.6 Å². The number of nitrogens with one attached hydrogen (secondary N) is 1. The highest BCUT2D eigenvalue weighted by Crippen LogP contribution is 2.44. The molecule has 4 nitrogen and oxygen atoms in total. The summed E-state index contributed by atoms with van der Waals surface area (Å²) < 4.78 is 30.5. The van der Waals surface area contributed by atoms with Gasteiger partial charge in [0.15, 0.2) is 0 Å². The summed E-state index contributed by atoms with van der Waals surface area (Å²) in [5.74, 6) is -1.29. The summed E-state index contributed by atoms with van der Waals surface area (Å²) in [6.07, 6.45) is 6.40. The summed E-state index contributed by atoms with van der Waals surface area (Å²) in [5, 5.41) is 4.11. The Labute approximate surface area is 184 Å². The molecule has 0 bridgehead atoms. The zero-order valence-electron chi connectivity index (χ0n) is 17.6. The van der Waals surface area contributed by atoms with Gasteiger partial charge >= 0.3 is 6.03 Å². The summed E-state index contributed by atoms with van der Waals surface area (Å²) in [7, 11) is 0. The summed E-state index contributed by atoms with van der Waals surface area (Å²) in [4.78, 5) is 16.5. The van der Waals surface area contributed by atoms with Crippen molar-refractivity contribution in [2.24, 2.45) is 0 Å². The second kappa shape index (κ2) is 7.79. The number of hydrogen-bond donors (Lipinski definition) is 1. The Kier molecular flexibility index (Phi) is 5.08. The van der Waals surface area contributed by atoms with E-state index in [2.05, 4.69) is 9.88 Å². The van der Waals surface area contributed by atoms with Crippen molar-refractivity contribution in [2.45, 2.75) is 58.2 Å². The fourth-order valence-electron chi connectivity index (χ4n) is 4.80. The number of benzene rings is 1. The average Bonchev–Trinajstić information content (AvgIpc) is 3.28. The quantitative estimate of drug-likeness (QED) is 0.543. The van der Waals surface area contributed by atoms with E-state index in [0.717, 1.165) is 41.6 Å². The minimum absolute atomic E-state index is 0.0525. The second-order valence-corrected chi connectivity index (χ2v) is 9.72. The van der Waals surface area contributed by atoms with Gasteiger partial charge in [-0.05, 0) is 74.9 Å². The van der Waals surface area contributed by atoms with Crippen LogP contribution in [-0.4, -0.2) is 21.5 Å². The van der Waals surface area contributed by atoms with Crippen LogP contribution in [0, 0.1) is 11.6 Å². The average molecular weight is 442 g/mol. The molecule has 2 aliphatic rings. The van der Waals surface area contributed by atoms with Crippen LogP contribution in [0.25, 0.3) is 5.00 Å². The van der Waals surface area contributed by atoms with Gasteiger partial charge in [-0.1, -0.05) is 0 Å². The van der Waals surface area contributed by atoms with Crippen LogP contribution in [-0.2, 0) is 19.4 Å². The molecule has 1 aliphatic carbocycles. The minimum Gasteiger partial charge on any atom is -0.336 e. The Hall–Kier alpha value is -2.67. The van der Waals surface area contributed by atoms with Gasteiger partial charge in [0, 0.05) is 28.7 Å². The Morgan fingerprint density at radius 3 is 2.61 bits per heavy atom. The molecule has 1 N–H and O–H groups in total. The number of carbonyl (C=O) groups excluding carboxylic acids is 1. The number of aryl methyl sites for hydroxylation is 1. The van der Waals surface area contributed by atoms with E-state index < -0.39 is 17.7 Å². The fourth-order valence-corrected chi connectivity index (χ4v) is 6.20. The van der Waals surface area contributed by atoms with Gasteiger partial charge in [0.2, 0.25) is 0 Å². The summed E-state index contributed by atoms with van der Waals surface area (Å²) in [6, 6.07) is 6.51. The van der Waals surface area contributed by atoms with E-state index in [4.69, 9.17) is 0 Å². The SMILES string of the molecule is CC(C)NC(=O)N1Cc2c(sc3c2CCCC3)-n2cccc2[C@H]1c1cc(F)cc(F)c1. The number of halogens is 2. The van der Waals surface area contributed by atoms with Crippen LogP contribution in [0.3, 0.4) is 0 Å². The molecule has 3 aromatic rings. The number of rotatable bonds is 2. The highest BCUT2D eigenvalue weighted by molar-refractivity contribution is 7.15. The molecule has 0 saturated carbocycles. The number of aromatic nitrogens is 1. The van der Waals surface area contributed by atoms with Crippen molar-refractivity contribution in [3.63, 3.8) is 0 Å². The molecule has 7 heteroatoms. The number of fused-ring (bicyclic) bond motifs is 5. The second-order valence-electron chi connectivity index (χ2n) is 8.64. The van der Waals surface area contributed by atoms with Crippen molar-refractivity contribution in [1.29, 1.82) is 0 Å². The van der Waals surface area contributed by atoms with Crippen molar-refractivity contribution in [3.05, 3.63) is 75.4 Å². The highest BCUT2D eigenvalue weighted by atomic mass is 32.1. The molecule has 31 heavy (non-hydrogen) atoms. The number of hydrogen-bond acceptors (Lipinski definition) is 2. The van der Waals surface area contributed by atoms with Crippen molar-refractivity contribution in [1.82, 2.24) is 14.8 Å². The van der Waals surface area contributed by atoms with Crippen LogP contribution in [0.1, 0.15) is 60.0 Å². The molecule has 0 radical (unpaired) electrons. The molecule has 0 fully saturated rings. The molecule has 0 unspecified atom stereocenters. The molecule has 162 valence electrons. The predicted molar refractivity (Wildman–Crippen MR) is 118 cm³/mol. The number of urea groups is 1. The van der Waals surface area contributed by atoms with Crippen molar-refractivity contribution in [3.8, 4) is 5.00 Å². The molecule has 1 atom stereocenters. The van der Waals surface area contributed by atoms with E-state index in [1.54, 1.807) is 16.2 Å². The molecule has 2 aromatic heterocycles. The summed E-state index contributed by atoms with van der Waals surface area (Å²) >= 11 is 1.79. The lowest BCUT2D eigenvalue weighted by atomic mass is 9.95. The first-order valence-electron chi connectivity index (χ1n) is 10.8.